The maximum atomic E-state index is 4.49. The van der Waals surface area contributed by atoms with Gasteiger partial charge in [0, 0.05) is 63.2 Å². The van der Waals surface area contributed by atoms with Crippen LogP contribution in [-0.4, -0.2) is 6.04 Å². The second kappa shape index (κ2) is 18.3. The van der Waals surface area contributed by atoms with E-state index in [-0.39, 0.29) is 12.0 Å². The fourth-order valence-electron chi connectivity index (χ4n) is 8.74. The van der Waals surface area contributed by atoms with E-state index >= 15 is 0 Å². The third-order valence-electron chi connectivity index (χ3n) is 11.9. The van der Waals surface area contributed by atoms with Gasteiger partial charge in [0.15, 0.2) is 0 Å². The molecule has 0 spiro atoms. The van der Waals surface area contributed by atoms with Crippen LogP contribution >= 0.6 is 0 Å². The Bertz CT molecular complexity index is 2970. The molecule has 1 N–H and O–H groups in total. The van der Waals surface area contributed by atoms with Crippen LogP contribution < -0.4 is 20.0 Å². The molecule has 1 aliphatic carbocycles. The Balaban J connectivity index is 0.950. The van der Waals surface area contributed by atoms with Crippen molar-refractivity contribution in [2.24, 2.45) is 0 Å². The van der Waals surface area contributed by atoms with Crippen LogP contribution in [0.3, 0.4) is 0 Å². The lowest BCUT2D eigenvalue weighted by molar-refractivity contribution is 0.756. The van der Waals surface area contributed by atoms with Gasteiger partial charge in [-0.3, -0.25) is 0 Å². The highest BCUT2D eigenvalue weighted by Crippen LogP contribution is 2.43. The monoisotopic (exact) mass is 824 g/mol. The molecule has 0 fully saturated rings. The predicted octanol–water partition coefficient (Wildman–Crippen LogP) is 16.2. The highest BCUT2D eigenvalue weighted by atomic mass is 15.2. The normalized spacial score (nSPS) is 16.2. The Hall–Kier alpha value is -8.34. The largest absolute Gasteiger partial charge is 0.378 e. The smallest absolute Gasteiger partial charge is 0.0550 e. The number of rotatable bonds is 11. The highest BCUT2D eigenvalue weighted by Gasteiger charge is 2.23. The second-order valence-electron chi connectivity index (χ2n) is 16.0. The molecule has 0 aromatic heterocycles. The van der Waals surface area contributed by atoms with Crippen LogP contribution in [0.1, 0.15) is 17.0 Å². The van der Waals surface area contributed by atoms with Gasteiger partial charge in [-0.15, -0.1) is 0 Å². The number of para-hydroxylation sites is 4. The van der Waals surface area contributed by atoms with Gasteiger partial charge in [0.05, 0.1) is 11.7 Å². The number of nitrogens with zero attached hydrogens (tertiary/aromatic N) is 3. The van der Waals surface area contributed by atoms with Crippen molar-refractivity contribution in [1.29, 1.82) is 0 Å². The minimum Gasteiger partial charge on any atom is -0.378 e. The average molecular weight is 825 g/mol. The van der Waals surface area contributed by atoms with E-state index in [1.165, 1.54) is 5.56 Å². The van der Waals surface area contributed by atoms with Crippen molar-refractivity contribution < 1.29 is 0 Å². The van der Waals surface area contributed by atoms with Gasteiger partial charge < -0.3 is 20.0 Å². The van der Waals surface area contributed by atoms with Gasteiger partial charge in [0.2, 0.25) is 0 Å². The SMILES string of the molecule is C=C1/C=C\C=C/N(c2ccccc2)c2ccc(N(c3ccccc3)c3ccc(-c4ccc(N(c5ccccc5)c5cccc(C6C=CC=CC6Nc6ccccc6)c5)cc4)cc3)cc21. The highest BCUT2D eigenvalue weighted by molar-refractivity contribution is 5.90. The topological polar surface area (TPSA) is 21.8 Å². The maximum absolute atomic E-state index is 4.49. The minimum atomic E-state index is 0.131. The van der Waals surface area contributed by atoms with Crippen molar-refractivity contribution in [2.45, 2.75) is 12.0 Å². The molecule has 0 saturated heterocycles. The van der Waals surface area contributed by atoms with Gasteiger partial charge in [0.1, 0.15) is 0 Å². The molecule has 8 aromatic carbocycles. The summed E-state index contributed by atoms with van der Waals surface area (Å²) in [6.45, 7) is 4.49. The minimum absolute atomic E-state index is 0.131. The zero-order valence-electron chi connectivity index (χ0n) is 35.5. The summed E-state index contributed by atoms with van der Waals surface area (Å²) in [5, 5.41) is 3.75. The Labute approximate surface area is 377 Å². The third kappa shape index (κ3) is 8.46. The van der Waals surface area contributed by atoms with E-state index in [2.05, 4.69) is 282 Å². The first-order valence-corrected chi connectivity index (χ1v) is 21.9. The Morgan fingerprint density at radius 1 is 0.438 bits per heavy atom. The van der Waals surface area contributed by atoms with Crippen LogP contribution in [0.15, 0.2) is 268 Å². The lowest BCUT2D eigenvalue weighted by atomic mass is 9.87. The number of benzene rings is 8. The molecule has 2 aliphatic rings. The molecule has 0 bridgehead atoms. The van der Waals surface area contributed by atoms with Crippen LogP contribution in [0.5, 0.6) is 0 Å². The van der Waals surface area contributed by atoms with Gasteiger partial charge in [0.25, 0.3) is 0 Å². The summed E-state index contributed by atoms with van der Waals surface area (Å²) in [7, 11) is 0. The van der Waals surface area contributed by atoms with Gasteiger partial charge in [-0.25, -0.2) is 0 Å². The van der Waals surface area contributed by atoms with Crippen molar-refractivity contribution in [3.05, 3.63) is 279 Å². The van der Waals surface area contributed by atoms with Crippen molar-refractivity contribution in [1.82, 2.24) is 0 Å². The molecule has 0 saturated carbocycles. The molecular weight excluding hydrogens is 777 g/mol. The van der Waals surface area contributed by atoms with E-state index in [0.29, 0.717) is 0 Å². The van der Waals surface area contributed by atoms with E-state index in [9.17, 15) is 0 Å². The van der Waals surface area contributed by atoms with Gasteiger partial charge >= 0.3 is 0 Å². The number of hydrogen-bond donors (Lipinski definition) is 1. The zero-order valence-corrected chi connectivity index (χ0v) is 35.5. The molecule has 2 unspecified atom stereocenters. The predicted molar refractivity (Wildman–Crippen MR) is 272 cm³/mol. The quantitative estimate of drug-likeness (QED) is 0.140. The molecule has 4 heteroatoms. The molecule has 308 valence electrons. The standard InChI is InChI=1S/C60H48N4/c1-45-19-16-17-42-62(50-23-8-3-9-24-50)60-41-40-56(44-58(45)60)64(52-27-12-5-13-28-52)54-38-34-47(35-39-54)46-32-36-53(37-33-46)63(51-25-10-4-11-26-51)55-29-18-20-48(43-55)57-30-14-15-31-59(57)61-49-21-6-2-7-22-49/h2-44,57,59,61H,1H2/b19-16-,42-17-. The molecule has 4 nitrogen and oxygen atoms in total. The van der Waals surface area contributed by atoms with Gasteiger partial charge in [-0.1, -0.05) is 152 Å². The van der Waals surface area contributed by atoms with Crippen molar-refractivity contribution in [2.75, 3.05) is 20.0 Å². The first kappa shape index (κ1) is 39.8. The number of allylic oxidation sites excluding steroid dienone is 6. The summed E-state index contributed by atoms with van der Waals surface area (Å²) >= 11 is 0. The van der Waals surface area contributed by atoms with E-state index in [0.717, 1.165) is 73.4 Å². The van der Waals surface area contributed by atoms with Crippen LogP contribution in [0.4, 0.5) is 51.2 Å². The van der Waals surface area contributed by atoms with Crippen molar-refractivity contribution >= 4 is 56.8 Å². The number of nitrogens with one attached hydrogen (secondary N) is 1. The molecule has 10 rings (SSSR count). The summed E-state index contributed by atoms with van der Waals surface area (Å²) in [4.78, 5) is 6.89. The third-order valence-corrected chi connectivity index (χ3v) is 11.9. The van der Waals surface area contributed by atoms with Crippen LogP contribution in [0.25, 0.3) is 16.7 Å². The summed E-state index contributed by atoms with van der Waals surface area (Å²) in [6, 6.07) is 75.7. The summed E-state index contributed by atoms with van der Waals surface area (Å²) in [5.41, 5.74) is 15.4. The Morgan fingerprint density at radius 3 is 1.58 bits per heavy atom. The Kier molecular flexibility index (Phi) is 11.4. The summed E-state index contributed by atoms with van der Waals surface area (Å²) < 4.78 is 0. The lowest BCUT2D eigenvalue weighted by Crippen LogP contribution is -2.26. The lowest BCUT2D eigenvalue weighted by Gasteiger charge is -2.29. The van der Waals surface area contributed by atoms with Gasteiger partial charge in [-0.05, 0) is 131 Å². The summed E-state index contributed by atoms with van der Waals surface area (Å²) in [6.07, 6.45) is 17.2. The number of anilines is 9. The fraction of sp³-hybridized carbons (Fsp3) is 0.0333. The summed E-state index contributed by atoms with van der Waals surface area (Å²) in [5.74, 6) is 0.173. The molecule has 1 heterocycles. The molecule has 2 atom stereocenters. The van der Waals surface area contributed by atoms with Gasteiger partial charge in [-0.2, -0.15) is 0 Å². The van der Waals surface area contributed by atoms with E-state index in [1.807, 2.05) is 6.07 Å². The van der Waals surface area contributed by atoms with E-state index in [4.69, 9.17) is 0 Å². The molecule has 1 aliphatic heterocycles. The molecule has 8 aromatic rings. The molecular formula is C60H48N4. The first-order valence-electron chi connectivity index (χ1n) is 21.9. The second-order valence-corrected chi connectivity index (χ2v) is 16.0. The maximum Gasteiger partial charge on any atom is 0.0550 e. The molecule has 0 radical (unpaired) electrons. The number of fused-ring (bicyclic) bond motifs is 1. The fourth-order valence-corrected chi connectivity index (χ4v) is 8.74. The van der Waals surface area contributed by atoms with Crippen molar-refractivity contribution in [3.63, 3.8) is 0 Å². The van der Waals surface area contributed by atoms with Crippen LogP contribution in [0, 0.1) is 0 Å². The Morgan fingerprint density at radius 2 is 0.953 bits per heavy atom. The van der Waals surface area contributed by atoms with Crippen molar-refractivity contribution in [3.8, 4) is 11.1 Å². The number of hydrogen-bond acceptors (Lipinski definition) is 4. The molecule has 0 amide bonds. The average Bonchev–Trinajstić information content (AvgIpc) is 3.36. The van der Waals surface area contributed by atoms with E-state index < -0.39 is 0 Å². The van der Waals surface area contributed by atoms with E-state index in [1.54, 1.807) is 0 Å². The molecule has 64 heavy (non-hydrogen) atoms. The van der Waals surface area contributed by atoms with Crippen LogP contribution in [0.2, 0.25) is 0 Å². The first-order chi connectivity index (χ1) is 31.7. The van der Waals surface area contributed by atoms with Crippen LogP contribution in [-0.2, 0) is 0 Å². The zero-order chi connectivity index (χ0) is 43.1.